The number of hydrogen-bond donors (Lipinski definition) is 1. The van der Waals surface area contributed by atoms with Crippen LogP contribution in [0.5, 0.6) is 0 Å². The van der Waals surface area contributed by atoms with E-state index in [-0.39, 0.29) is 5.91 Å². The topological polar surface area (TPSA) is 64.7 Å². The Morgan fingerprint density at radius 1 is 1.27 bits per heavy atom. The van der Waals surface area contributed by atoms with Crippen LogP contribution in [0.4, 0.5) is 5.82 Å². The van der Waals surface area contributed by atoms with Crippen molar-refractivity contribution >= 4 is 23.3 Å². The number of halogens is 1. The summed E-state index contributed by atoms with van der Waals surface area (Å²) in [5, 5.41) is 11.7. The molecule has 0 spiro atoms. The van der Waals surface area contributed by atoms with Crippen LogP contribution in [0.15, 0.2) is 42.7 Å². The zero-order chi connectivity index (χ0) is 15.7. The number of benzene rings is 1. The van der Waals surface area contributed by atoms with Crippen LogP contribution in [0.2, 0.25) is 5.02 Å². The summed E-state index contributed by atoms with van der Waals surface area (Å²) >= 11 is 6.13. The maximum atomic E-state index is 12.2. The van der Waals surface area contributed by atoms with Crippen molar-refractivity contribution in [2.24, 2.45) is 7.05 Å². The van der Waals surface area contributed by atoms with Crippen molar-refractivity contribution in [3.63, 3.8) is 0 Å². The number of nitrogens with one attached hydrogen (secondary N) is 1. The molecule has 1 amide bonds. The first-order valence-corrected chi connectivity index (χ1v) is 7.04. The van der Waals surface area contributed by atoms with Gasteiger partial charge in [0.05, 0.1) is 22.5 Å². The van der Waals surface area contributed by atoms with Gasteiger partial charge < -0.3 is 5.32 Å². The van der Waals surface area contributed by atoms with E-state index in [1.54, 1.807) is 34.7 Å². The summed E-state index contributed by atoms with van der Waals surface area (Å²) in [5.41, 5.74) is 2.07. The van der Waals surface area contributed by atoms with Gasteiger partial charge in [0.2, 0.25) is 0 Å². The molecule has 2 heterocycles. The van der Waals surface area contributed by atoms with E-state index in [0.717, 1.165) is 11.4 Å². The van der Waals surface area contributed by atoms with Gasteiger partial charge in [0.1, 0.15) is 0 Å². The van der Waals surface area contributed by atoms with E-state index >= 15 is 0 Å². The Morgan fingerprint density at radius 3 is 2.73 bits per heavy atom. The van der Waals surface area contributed by atoms with Gasteiger partial charge in [-0.15, -0.1) is 5.10 Å². The van der Waals surface area contributed by atoms with E-state index in [9.17, 15) is 4.79 Å². The number of nitrogens with zero attached hydrogens (tertiary/aromatic N) is 4. The first kappa shape index (κ1) is 14.3. The normalized spacial score (nSPS) is 10.7. The molecule has 1 N–H and O–H groups in total. The van der Waals surface area contributed by atoms with Crippen molar-refractivity contribution in [2.75, 3.05) is 5.32 Å². The van der Waals surface area contributed by atoms with Crippen molar-refractivity contribution in [3.05, 3.63) is 59.0 Å². The second-order valence-electron chi connectivity index (χ2n) is 4.82. The standard InChI is InChI=1S/C15H14ClN5O/c1-10-11(9-17-20(10)2)15(22)18-14-7-8-21(19-14)13-6-4-3-5-12(13)16/h3-9H,1-2H3,(H,18,19,22). The molecule has 0 saturated heterocycles. The van der Waals surface area contributed by atoms with Gasteiger partial charge in [0.15, 0.2) is 5.82 Å². The van der Waals surface area contributed by atoms with Gasteiger partial charge in [-0.3, -0.25) is 9.48 Å². The number of aromatic nitrogens is 4. The third kappa shape index (κ3) is 2.60. The molecular weight excluding hydrogens is 302 g/mol. The van der Waals surface area contributed by atoms with Crippen molar-refractivity contribution in [3.8, 4) is 5.69 Å². The summed E-state index contributed by atoms with van der Waals surface area (Å²) in [6, 6.07) is 9.08. The Balaban J connectivity index is 1.82. The van der Waals surface area contributed by atoms with Crippen LogP contribution >= 0.6 is 11.6 Å². The van der Waals surface area contributed by atoms with Gasteiger partial charge in [0.25, 0.3) is 5.91 Å². The highest BCUT2D eigenvalue weighted by molar-refractivity contribution is 6.32. The SMILES string of the molecule is Cc1c(C(=O)Nc2ccn(-c3ccccc3Cl)n2)cnn1C. The van der Waals surface area contributed by atoms with Gasteiger partial charge in [-0.2, -0.15) is 5.10 Å². The zero-order valence-corrected chi connectivity index (χ0v) is 12.9. The number of anilines is 1. The Bertz CT molecular complexity index is 836. The Hall–Kier alpha value is -2.60. The highest BCUT2D eigenvalue weighted by Crippen LogP contribution is 2.20. The molecule has 0 aliphatic rings. The predicted molar refractivity (Wildman–Crippen MR) is 84.5 cm³/mol. The lowest BCUT2D eigenvalue weighted by atomic mass is 10.2. The van der Waals surface area contributed by atoms with Crippen molar-refractivity contribution < 1.29 is 4.79 Å². The molecule has 0 aliphatic heterocycles. The summed E-state index contributed by atoms with van der Waals surface area (Å²) in [7, 11) is 1.79. The minimum atomic E-state index is -0.241. The summed E-state index contributed by atoms with van der Waals surface area (Å²) in [4.78, 5) is 12.2. The van der Waals surface area contributed by atoms with Gasteiger partial charge in [-0.1, -0.05) is 23.7 Å². The molecule has 0 saturated carbocycles. The third-order valence-corrected chi connectivity index (χ3v) is 3.73. The van der Waals surface area contributed by atoms with Crippen LogP contribution < -0.4 is 5.32 Å². The minimum Gasteiger partial charge on any atom is -0.305 e. The molecule has 0 bridgehead atoms. The molecule has 0 fully saturated rings. The van der Waals surface area contributed by atoms with E-state index in [1.165, 1.54) is 6.20 Å². The maximum Gasteiger partial charge on any atom is 0.260 e. The van der Waals surface area contributed by atoms with Gasteiger partial charge in [0, 0.05) is 25.0 Å². The summed E-state index contributed by atoms with van der Waals surface area (Å²) in [5.74, 6) is 0.211. The van der Waals surface area contributed by atoms with Crippen LogP contribution in [0.3, 0.4) is 0 Å². The molecule has 3 rings (SSSR count). The summed E-state index contributed by atoms with van der Waals surface area (Å²) in [6.07, 6.45) is 3.28. The Labute approximate surface area is 132 Å². The zero-order valence-electron chi connectivity index (χ0n) is 12.1. The molecule has 0 radical (unpaired) electrons. The molecule has 3 aromatic rings. The number of hydrogen-bond acceptors (Lipinski definition) is 3. The molecule has 2 aromatic heterocycles. The highest BCUT2D eigenvalue weighted by Gasteiger charge is 2.14. The maximum absolute atomic E-state index is 12.2. The number of carbonyl (C=O) groups excluding carboxylic acids is 1. The van der Waals surface area contributed by atoms with E-state index < -0.39 is 0 Å². The lowest BCUT2D eigenvalue weighted by Gasteiger charge is -2.04. The fraction of sp³-hybridized carbons (Fsp3) is 0.133. The highest BCUT2D eigenvalue weighted by atomic mass is 35.5. The lowest BCUT2D eigenvalue weighted by molar-refractivity contribution is 0.102. The summed E-state index contributed by atoms with van der Waals surface area (Å²) < 4.78 is 3.27. The number of rotatable bonds is 3. The second-order valence-corrected chi connectivity index (χ2v) is 5.23. The number of carbonyl (C=O) groups is 1. The second kappa shape index (κ2) is 5.65. The average Bonchev–Trinajstić information content (AvgIpc) is 3.08. The smallest absolute Gasteiger partial charge is 0.260 e. The first-order valence-electron chi connectivity index (χ1n) is 6.67. The number of para-hydroxylation sites is 1. The van der Waals surface area contributed by atoms with Crippen molar-refractivity contribution in [1.29, 1.82) is 0 Å². The van der Waals surface area contributed by atoms with Gasteiger partial charge >= 0.3 is 0 Å². The lowest BCUT2D eigenvalue weighted by Crippen LogP contribution is -2.13. The first-order chi connectivity index (χ1) is 10.6. The fourth-order valence-corrected chi connectivity index (χ4v) is 2.29. The summed E-state index contributed by atoms with van der Waals surface area (Å²) in [6.45, 7) is 1.84. The molecule has 112 valence electrons. The van der Waals surface area contributed by atoms with Crippen LogP contribution in [0.1, 0.15) is 16.1 Å². The van der Waals surface area contributed by atoms with Gasteiger partial charge in [-0.05, 0) is 19.1 Å². The van der Waals surface area contributed by atoms with Crippen LogP contribution in [-0.2, 0) is 7.05 Å². The quantitative estimate of drug-likeness (QED) is 0.808. The Morgan fingerprint density at radius 2 is 2.05 bits per heavy atom. The molecule has 0 unspecified atom stereocenters. The molecule has 7 heteroatoms. The van der Waals surface area contributed by atoms with Crippen LogP contribution in [0.25, 0.3) is 5.69 Å². The third-order valence-electron chi connectivity index (χ3n) is 3.41. The molecule has 0 atom stereocenters. The van der Waals surface area contributed by atoms with E-state index in [4.69, 9.17) is 11.6 Å². The van der Waals surface area contributed by atoms with Crippen molar-refractivity contribution in [2.45, 2.75) is 6.92 Å². The largest absolute Gasteiger partial charge is 0.305 e. The van der Waals surface area contributed by atoms with E-state index in [0.29, 0.717) is 16.4 Å². The minimum absolute atomic E-state index is 0.241. The number of amides is 1. The fourth-order valence-electron chi connectivity index (χ4n) is 2.07. The number of aryl methyl sites for hydroxylation is 1. The van der Waals surface area contributed by atoms with Gasteiger partial charge in [-0.25, -0.2) is 4.68 Å². The van der Waals surface area contributed by atoms with E-state index in [2.05, 4.69) is 15.5 Å². The molecule has 0 aliphatic carbocycles. The molecule has 22 heavy (non-hydrogen) atoms. The monoisotopic (exact) mass is 315 g/mol. The average molecular weight is 316 g/mol. The molecule has 6 nitrogen and oxygen atoms in total. The Kier molecular flexibility index (Phi) is 3.68. The van der Waals surface area contributed by atoms with Crippen LogP contribution in [0, 0.1) is 6.92 Å². The molecule has 1 aromatic carbocycles. The van der Waals surface area contributed by atoms with Crippen molar-refractivity contribution in [1.82, 2.24) is 19.6 Å². The predicted octanol–water partition coefficient (Wildman–Crippen LogP) is 2.82. The van der Waals surface area contributed by atoms with E-state index in [1.807, 2.05) is 25.1 Å². The molecular formula is C15H14ClN5O. The van der Waals surface area contributed by atoms with Crippen LogP contribution in [-0.4, -0.2) is 25.5 Å².